The van der Waals surface area contributed by atoms with E-state index < -0.39 is 5.60 Å². The lowest BCUT2D eigenvalue weighted by molar-refractivity contribution is 0.0129. The van der Waals surface area contributed by atoms with Gasteiger partial charge in [-0.15, -0.1) is 0 Å². The van der Waals surface area contributed by atoms with E-state index in [1.165, 1.54) is 6.21 Å². The van der Waals surface area contributed by atoms with Crippen LogP contribution >= 0.6 is 0 Å². The lowest BCUT2D eigenvalue weighted by Gasteiger charge is -2.39. The second-order valence-corrected chi connectivity index (χ2v) is 9.60. The summed E-state index contributed by atoms with van der Waals surface area (Å²) in [7, 11) is 0. The predicted molar refractivity (Wildman–Crippen MR) is 125 cm³/mol. The van der Waals surface area contributed by atoms with Crippen LogP contribution in [-0.2, 0) is 4.74 Å². The zero-order chi connectivity index (χ0) is 22.5. The highest BCUT2D eigenvalue weighted by Crippen LogP contribution is 2.38. The molecule has 32 heavy (non-hydrogen) atoms. The fourth-order valence-electron chi connectivity index (χ4n) is 5.44. The summed E-state index contributed by atoms with van der Waals surface area (Å²) in [6.45, 7) is 8.94. The fraction of sp³-hybridized carbons (Fsp3) is 0.542. The Morgan fingerprint density at radius 3 is 2.84 bits per heavy atom. The van der Waals surface area contributed by atoms with Gasteiger partial charge >= 0.3 is 0 Å². The van der Waals surface area contributed by atoms with Gasteiger partial charge in [0.15, 0.2) is 0 Å². The van der Waals surface area contributed by atoms with Gasteiger partial charge in [-0.3, -0.25) is 0 Å². The lowest BCUT2D eigenvalue weighted by atomic mass is 9.77. The van der Waals surface area contributed by atoms with Crippen molar-refractivity contribution in [3.63, 3.8) is 0 Å². The first kappa shape index (κ1) is 21.3. The van der Waals surface area contributed by atoms with Crippen molar-refractivity contribution in [2.45, 2.75) is 57.3 Å². The number of fused-ring (bicyclic) bond motifs is 2. The van der Waals surface area contributed by atoms with E-state index in [2.05, 4.69) is 38.5 Å². The first-order valence-corrected chi connectivity index (χ1v) is 11.4. The maximum absolute atomic E-state index is 11.0. The van der Waals surface area contributed by atoms with Crippen molar-refractivity contribution in [2.24, 2.45) is 0 Å². The average Bonchev–Trinajstić information content (AvgIpc) is 3.38. The molecule has 4 atom stereocenters. The van der Waals surface area contributed by atoms with Crippen molar-refractivity contribution in [1.29, 1.82) is 5.41 Å². The number of benzene rings is 1. The van der Waals surface area contributed by atoms with Gasteiger partial charge in [0, 0.05) is 42.5 Å². The normalized spacial score (nSPS) is 29.4. The minimum Gasteiger partial charge on any atom is -0.388 e. The van der Waals surface area contributed by atoms with E-state index in [0.717, 1.165) is 60.7 Å². The quantitative estimate of drug-likeness (QED) is 0.534. The van der Waals surface area contributed by atoms with E-state index in [1.807, 2.05) is 26.0 Å². The molecule has 8 nitrogen and oxygen atoms in total. The molecule has 170 valence electrons. The molecule has 0 saturated carbocycles. The van der Waals surface area contributed by atoms with Crippen LogP contribution in [0.4, 0.5) is 17.3 Å². The zero-order valence-corrected chi connectivity index (χ0v) is 19.0. The maximum Gasteiger partial charge on any atom is 0.136 e. The van der Waals surface area contributed by atoms with Crippen molar-refractivity contribution < 1.29 is 9.84 Å². The summed E-state index contributed by atoms with van der Waals surface area (Å²) in [6.07, 6.45) is 3.59. The third-order valence-corrected chi connectivity index (χ3v) is 7.09. The van der Waals surface area contributed by atoms with Crippen LogP contribution in [0.2, 0.25) is 0 Å². The van der Waals surface area contributed by atoms with E-state index >= 15 is 0 Å². The van der Waals surface area contributed by atoms with Gasteiger partial charge in [-0.1, -0.05) is 0 Å². The number of rotatable bonds is 5. The molecule has 3 fully saturated rings. The molecule has 0 amide bonds. The summed E-state index contributed by atoms with van der Waals surface area (Å²) < 4.78 is 5.74. The van der Waals surface area contributed by atoms with Crippen LogP contribution in [0.3, 0.4) is 0 Å². The van der Waals surface area contributed by atoms with Gasteiger partial charge in [0.1, 0.15) is 17.5 Å². The van der Waals surface area contributed by atoms with Crippen molar-refractivity contribution in [3.8, 4) is 0 Å². The smallest absolute Gasteiger partial charge is 0.136 e. The zero-order valence-electron chi connectivity index (χ0n) is 19.0. The van der Waals surface area contributed by atoms with E-state index in [9.17, 15) is 5.11 Å². The van der Waals surface area contributed by atoms with Crippen molar-refractivity contribution in [3.05, 3.63) is 40.7 Å². The van der Waals surface area contributed by atoms with Gasteiger partial charge in [-0.2, -0.15) is 0 Å². The molecule has 4 unspecified atom stereocenters. The third kappa shape index (κ3) is 3.87. The maximum atomic E-state index is 11.0. The molecule has 1 aromatic heterocycles. The number of β-amino-alcohol motifs (C(OH)–C–C–N with tert-alkyl or cyclic N) is 1. The summed E-state index contributed by atoms with van der Waals surface area (Å²) in [5.41, 5.74) is 3.01. The van der Waals surface area contributed by atoms with Gasteiger partial charge in [0.25, 0.3) is 0 Å². The van der Waals surface area contributed by atoms with Gasteiger partial charge < -0.3 is 30.8 Å². The van der Waals surface area contributed by atoms with Crippen molar-refractivity contribution in [1.82, 2.24) is 15.3 Å². The number of nitrogens with one attached hydrogen (secondary N) is 3. The number of anilines is 3. The van der Waals surface area contributed by atoms with Crippen LogP contribution in [0.1, 0.15) is 48.2 Å². The SMILES string of the molecule is Cc1nc(Nc2cc(C3CCNCC3(C)O)c(C)cc2C=N)cc(N2CC3CC2CO3)n1. The minimum absolute atomic E-state index is 0.0342. The Hall–Kier alpha value is -2.55. The Balaban J connectivity index is 1.48. The molecule has 0 aliphatic carbocycles. The topological polar surface area (TPSA) is 106 Å². The number of ether oxygens (including phenoxy) is 1. The van der Waals surface area contributed by atoms with E-state index in [0.29, 0.717) is 30.3 Å². The van der Waals surface area contributed by atoms with E-state index in [4.69, 9.17) is 10.1 Å². The summed E-state index contributed by atoms with van der Waals surface area (Å²) in [5, 5.41) is 25.7. The second kappa shape index (κ2) is 8.10. The second-order valence-electron chi connectivity index (χ2n) is 9.60. The Morgan fingerprint density at radius 2 is 2.16 bits per heavy atom. The van der Waals surface area contributed by atoms with Gasteiger partial charge in [-0.25, -0.2) is 9.97 Å². The van der Waals surface area contributed by atoms with Crippen LogP contribution in [0, 0.1) is 19.3 Å². The average molecular weight is 437 g/mol. The number of nitrogens with zero attached hydrogens (tertiary/aromatic N) is 3. The Kier molecular flexibility index (Phi) is 5.39. The standard InChI is InChI=1S/C24H32N6O2/c1-14-6-16(10-25)21(8-19(14)20-4-5-26-13-24(20,3)31)29-22-9-23(28-15(2)27-22)30-11-18-7-17(30)12-32-18/h6,8-10,17-18,20,25-26,31H,4-5,7,11-13H2,1-3H3,(H,27,28,29). The van der Waals surface area contributed by atoms with E-state index in [1.54, 1.807) is 0 Å². The third-order valence-electron chi connectivity index (χ3n) is 7.09. The summed E-state index contributed by atoms with van der Waals surface area (Å²) in [4.78, 5) is 11.6. The van der Waals surface area contributed by atoms with Crippen LogP contribution < -0.4 is 15.5 Å². The van der Waals surface area contributed by atoms with Gasteiger partial charge in [0.05, 0.1) is 24.4 Å². The number of hydrogen-bond donors (Lipinski definition) is 4. The van der Waals surface area contributed by atoms with E-state index in [-0.39, 0.29) is 5.92 Å². The van der Waals surface area contributed by atoms with Crippen LogP contribution in [0.5, 0.6) is 0 Å². The number of morpholine rings is 1. The molecule has 3 saturated heterocycles. The molecular weight excluding hydrogens is 404 g/mol. The van der Waals surface area contributed by atoms with Gasteiger partial charge in [-0.05, 0) is 63.4 Å². The van der Waals surface area contributed by atoms with Crippen molar-refractivity contribution >= 4 is 23.5 Å². The highest BCUT2D eigenvalue weighted by molar-refractivity contribution is 5.88. The molecule has 2 aromatic rings. The highest BCUT2D eigenvalue weighted by atomic mass is 16.5. The summed E-state index contributed by atoms with van der Waals surface area (Å²) >= 11 is 0. The van der Waals surface area contributed by atoms with Crippen LogP contribution in [-0.4, -0.2) is 65.3 Å². The Bertz CT molecular complexity index is 1040. The first-order chi connectivity index (χ1) is 15.3. The molecule has 3 aliphatic heterocycles. The minimum atomic E-state index is -0.817. The molecule has 3 aliphatic rings. The lowest BCUT2D eigenvalue weighted by Crippen LogP contribution is -2.48. The molecule has 5 rings (SSSR count). The Labute approximate surface area is 188 Å². The van der Waals surface area contributed by atoms with Gasteiger partial charge in [0.2, 0.25) is 0 Å². The molecule has 2 bridgehead atoms. The molecule has 8 heteroatoms. The monoisotopic (exact) mass is 436 g/mol. The molecule has 4 heterocycles. The summed E-state index contributed by atoms with van der Waals surface area (Å²) in [5.74, 6) is 2.37. The number of piperidine rings is 1. The highest BCUT2D eigenvalue weighted by Gasteiger charge is 2.40. The summed E-state index contributed by atoms with van der Waals surface area (Å²) in [6, 6.07) is 6.48. The predicted octanol–water partition coefficient (Wildman–Crippen LogP) is 2.64. The number of aliphatic hydroxyl groups is 1. The molecule has 0 radical (unpaired) electrons. The number of aryl methyl sites for hydroxylation is 2. The first-order valence-electron chi connectivity index (χ1n) is 11.4. The molecule has 0 spiro atoms. The van der Waals surface area contributed by atoms with Crippen LogP contribution in [0.25, 0.3) is 0 Å². The molecule has 1 aromatic carbocycles. The van der Waals surface area contributed by atoms with Crippen LogP contribution in [0.15, 0.2) is 18.2 Å². The number of hydrogen-bond acceptors (Lipinski definition) is 8. The largest absolute Gasteiger partial charge is 0.388 e. The number of aromatic nitrogens is 2. The Morgan fingerprint density at radius 1 is 1.31 bits per heavy atom. The fourth-order valence-corrected chi connectivity index (χ4v) is 5.44. The molecule has 4 N–H and O–H groups in total. The molecular formula is C24H32N6O2. The van der Waals surface area contributed by atoms with Crippen molar-refractivity contribution in [2.75, 3.05) is 36.5 Å².